The highest BCUT2D eigenvalue weighted by Crippen LogP contribution is 2.43. The Bertz CT molecular complexity index is 1020. The second-order valence-corrected chi connectivity index (χ2v) is 16.2. The van der Waals surface area contributed by atoms with Crippen molar-refractivity contribution in [3.05, 3.63) is 12.2 Å². The summed E-state index contributed by atoms with van der Waals surface area (Å²) >= 11 is 0. The van der Waals surface area contributed by atoms with Crippen molar-refractivity contribution in [2.75, 3.05) is 13.2 Å². The van der Waals surface area contributed by atoms with Crippen molar-refractivity contribution in [3.63, 3.8) is 0 Å². The molecule has 55 heavy (non-hydrogen) atoms. The molecular formula is C40H78NO13P. The Kier molecular flexibility index (Phi) is 32.6. The number of ether oxygens (including phenoxy) is 2. The standard InChI is InChI=1S/C40H75O13P.H3N/c1-3-5-7-9-11-13-15-16-17-19-20-22-24-26-28-33(41)50-30-32(52-34(42)29-27-25-23-21-18-14-12-10-8-6-4-2)31-51-54(48,49)53-40-38(46)36(44)35(43)37(45)39(40)47;/h10,12,32,35-40,43-47H,3-9,11,13-31H2,1-2H3,(H,48,49);1H3/b12-10-;/t32-,35?,36-,37?,38?,39?,40?;/m1./s1. The van der Waals surface area contributed by atoms with Gasteiger partial charge in [0.1, 0.15) is 43.2 Å². The van der Waals surface area contributed by atoms with Crippen molar-refractivity contribution < 1.29 is 63.1 Å². The molecule has 8 atom stereocenters. The minimum Gasteiger partial charge on any atom is -0.756 e. The quantitative estimate of drug-likeness (QED) is 0.0169. The number of aliphatic hydroxyl groups excluding tert-OH is 5. The lowest BCUT2D eigenvalue weighted by atomic mass is 9.85. The topological polar surface area (TPSA) is 249 Å². The molecule has 0 aliphatic heterocycles. The molecule has 6 unspecified atom stereocenters. The summed E-state index contributed by atoms with van der Waals surface area (Å²) in [5.41, 5.74) is 0. The molecule has 0 heterocycles. The number of rotatable bonds is 34. The van der Waals surface area contributed by atoms with Gasteiger partial charge < -0.3 is 55.1 Å². The lowest BCUT2D eigenvalue weighted by molar-refractivity contribution is -0.261. The van der Waals surface area contributed by atoms with Crippen LogP contribution in [-0.4, -0.2) is 93.4 Å². The molecule has 0 aromatic heterocycles. The van der Waals surface area contributed by atoms with Crippen molar-refractivity contribution in [2.45, 2.75) is 217 Å². The maximum Gasteiger partial charge on any atom is 0.306 e. The highest BCUT2D eigenvalue weighted by molar-refractivity contribution is 7.45. The van der Waals surface area contributed by atoms with Gasteiger partial charge in [0.05, 0.1) is 6.61 Å². The minimum absolute atomic E-state index is 0. The van der Waals surface area contributed by atoms with Crippen LogP contribution in [0.15, 0.2) is 12.2 Å². The first-order valence-corrected chi connectivity index (χ1v) is 22.4. The average Bonchev–Trinajstić information content (AvgIpc) is 3.15. The number of phosphoric ester groups is 1. The Labute approximate surface area is 331 Å². The van der Waals surface area contributed by atoms with Gasteiger partial charge in [0, 0.05) is 12.8 Å². The number of hydrogen-bond acceptors (Lipinski definition) is 13. The molecule has 1 aliphatic carbocycles. The molecule has 15 heteroatoms. The highest BCUT2D eigenvalue weighted by Gasteiger charge is 2.50. The van der Waals surface area contributed by atoms with Crippen LogP contribution in [0, 0.1) is 0 Å². The molecule has 0 amide bonds. The fourth-order valence-electron chi connectivity index (χ4n) is 6.38. The summed E-state index contributed by atoms with van der Waals surface area (Å²) in [7, 11) is -5.36. The van der Waals surface area contributed by atoms with E-state index in [-0.39, 0.29) is 19.0 Å². The first-order chi connectivity index (χ1) is 25.9. The highest BCUT2D eigenvalue weighted by atomic mass is 31.2. The fraction of sp³-hybridized carbons (Fsp3) is 0.900. The van der Waals surface area contributed by atoms with Crippen LogP contribution in [0.5, 0.6) is 0 Å². The fourth-order valence-corrected chi connectivity index (χ4v) is 7.34. The zero-order valence-electron chi connectivity index (χ0n) is 34.2. The number of carbonyl (C=O) groups excluding carboxylic acids is 2. The molecule has 326 valence electrons. The maximum absolute atomic E-state index is 12.7. The summed E-state index contributed by atoms with van der Waals surface area (Å²) in [5.74, 6) is -1.14. The van der Waals surface area contributed by atoms with Crippen molar-refractivity contribution in [1.82, 2.24) is 6.15 Å². The van der Waals surface area contributed by atoms with Crippen molar-refractivity contribution in [3.8, 4) is 0 Å². The monoisotopic (exact) mass is 812 g/mol. The van der Waals surface area contributed by atoms with Gasteiger partial charge in [-0.2, -0.15) is 0 Å². The second kappa shape index (κ2) is 33.5. The Morgan fingerprint density at radius 1 is 0.582 bits per heavy atom. The number of hydrogen-bond donors (Lipinski definition) is 6. The SMILES string of the molecule is CCCC/C=C\CCCCCCCC(=O)O[C@H](COC(=O)CCCCCCCCCCCCCCCC)COP(=O)([O-])OC1C(O)C(O)C(O)[C@@H](O)C1O.[NH4+]. The van der Waals surface area contributed by atoms with Crippen LogP contribution in [0.25, 0.3) is 0 Å². The molecule has 1 rings (SSSR count). The molecule has 0 aromatic rings. The molecule has 14 nitrogen and oxygen atoms in total. The van der Waals surface area contributed by atoms with E-state index in [1.54, 1.807) is 0 Å². The number of carbonyl (C=O) groups is 2. The van der Waals surface area contributed by atoms with Crippen molar-refractivity contribution in [1.29, 1.82) is 0 Å². The van der Waals surface area contributed by atoms with Gasteiger partial charge in [-0.3, -0.25) is 14.2 Å². The molecule has 0 spiro atoms. The number of unbranched alkanes of at least 4 members (excludes halogenated alkanes) is 20. The number of esters is 2. The summed E-state index contributed by atoms with van der Waals surface area (Å²) in [6.45, 7) is 3.14. The van der Waals surface area contributed by atoms with Gasteiger partial charge in [-0.15, -0.1) is 0 Å². The van der Waals surface area contributed by atoms with Gasteiger partial charge in [0.25, 0.3) is 7.82 Å². The van der Waals surface area contributed by atoms with Gasteiger partial charge in [-0.1, -0.05) is 142 Å². The first kappa shape index (κ1) is 53.6. The zero-order valence-corrected chi connectivity index (χ0v) is 35.1. The zero-order chi connectivity index (χ0) is 40.0. The van der Waals surface area contributed by atoms with Crippen molar-refractivity contribution in [2.24, 2.45) is 0 Å². The lowest BCUT2D eigenvalue weighted by Crippen LogP contribution is -2.64. The molecular weight excluding hydrogens is 733 g/mol. The van der Waals surface area contributed by atoms with E-state index in [2.05, 4.69) is 26.0 Å². The molecule has 0 saturated heterocycles. The number of aliphatic hydroxyl groups is 5. The van der Waals surface area contributed by atoms with Crippen LogP contribution < -0.4 is 11.0 Å². The molecule has 9 N–H and O–H groups in total. The van der Waals surface area contributed by atoms with Crippen LogP contribution in [0.2, 0.25) is 0 Å². The van der Waals surface area contributed by atoms with Gasteiger partial charge in [0.2, 0.25) is 0 Å². The third-order valence-electron chi connectivity index (χ3n) is 9.85. The Hall–Kier alpha value is -1.45. The van der Waals surface area contributed by atoms with E-state index in [9.17, 15) is 44.6 Å². The number of quaternary nitrogens is 1. The van der Waals surface area contributed by atoms with E-state index >= 15 is 0 Å². The average molecular weight is 812 g/mol. The van der Waals surface area contributed by atoms with Crippen LogP contribution in [0.1, 0.15) is 174 Å². The van der Waals surface area contributed by atoms with Gasteiger partial charge in [0.15, 0.2) is 6.10 Å². The largest absolute Gasteiger partial charge is 0.756 e. The summed E-state index contributed by atoms with van der Waals surface area (Å²) in [5, 5.41) is 49.9. The van der Waals surface area contributed by atoms with E-state index in [1.165, 1.54) is 77.0 Å². The first-order valence-electron chi connectivity index (χ1n) is 21.0. The lowest BCUT2D eigenvalue weighted by Gasteiger charge is -2.43. The Morgan fingerprint density at radius 3 is 1.47 bits per heavy atom. The van der Waals surface area contributed by atoms with E-state index in [0.717, 1.165) is 57.8 Å². The van der Waals surface area contributed by atoms with E-state index in [4.69, 9.17) is 18.5 Å². The number of allylic oxidation sites excluding steroid dienone is 2. The second-order valence-electron chi connectivity index (χ2n) is 14.8. The molecule has 0 radical (unpaired) electrons. The summed E-state index contributed by atoms with van der Waals surface area (Å²) in [4.78, 5) is 37.8. The third-order valence-corrected chi connectivity index (χ3v) is 10.8. The molecule has 1 fully saturated rings. The van der Waals surface area contributed by atoms with E-state index < -0.39 is 75.7 Å². The Balaban J connectivity index is 0.0000292. The van der Waals surface area contributed by atoms with Crippen LogP contribution in [-0.2, 0) is 32.7 Å². The summed E-state index contributed by atoms with van der Waals surface area (Å²) in [6, 6.07) is 0. The van der Waals surface area contributed by atoms with Crippen LogP contribution >= 0.6 is 7.82 Å². The summed E-state index contributed by atoms with van der Waals surface area (Å²) in [6.07, 6.45) is 16.7. The van der Waals surface area contributed by atoms with Gasteiger partial charge >= 0.3 is 11.9 Å². The smallest absolute Gasteiger partial charge is 0.306 e. The molecule has 0 aromatic carbocycles. The predicted octanol–water partition coefficient (Wildman–Crippen LogP) is 6.85. The number of phosphoric acid groups is 1. The predicted molar refractivity (Wildman–Crippen MR) is 211 cm³/mol. The molecule has 0 bridgehead atoms. The van der Waals surface area contributed by atoms with Gasteiger partial charge in [-0.25, -0.2) is 0 Å². The molecule has 1 aliphatic rings. The summed E-state index contributed by atoms with van der Waals surface area (Å²) < 4.78 is 33.0. The Morgan fingerprint density at radius 2 is 0.982 bits per heavy atom. The third kappa shape index (κ3) is 26.2. The van der Waals surface area contributed by atoms with Gasteiger partial charge in [-0.05, 0) is 32.1 Å². The van der Waals surface area contributed by atoms with E-state index in [0.29, 0.717) is 12.8 Å². The molecule has 1 saturated carbocycles. The van der Waals surface area contributed by atoms with E-state index in [1.807, 2.05) is 0 Å². The normalized spacial score (nSPS) is 22.9. The maximum atomic E-state index is 12.7. The minimum atomic E-state index is -5.36. The van der Waals surface area contributed by atoms with Crippen LogP contribution in [0.4, 0.5) is 0 Å². The van der Waals surface area contributed by atoms with Crippen molar-refractivity contribution >= 4 is 19.8 Å². The van der Waals surface area contributed by atoms with Crippen LogP contribution in [0.3, 0.4) is 0 Å².